The van der Waals surface area contributed by atoms with Crippen LogP contribution in [0.3, 0.4) is 0 Å². The Morgan fingerprint density at radius 3 is 1.33 bits per heavy atom. The molecule has 4 heteroatoms. The van der Waals surface area contributed by atoms with E-state index in [-0.39, 0.29) is 0 Å². The molecule has 3 nitrogen and oxygen atoms in total. The number of hydrogen-bond acceptors (Lipinski definition) is 0. The maximum atomic E-state index is 2.51. The molecule has 0 atom stereocenters. The molecule has 0 bridgehead atoms. The van der Waals surface area contributed by atoms with Crippen molar-refractivity contribution < 1.29 is 0 Å². The van der Waals surface area contributed by atoms with Crippen LogP contribution in [0.2, 0.25) is 0 Å². The van der Waals surface area contributed by atoms with Gasteiger partial charge in [0.2, 0.25) is 0 Å². The van der Waals surface area contributed by atoms with Gasteiger partial charge in [-0.15, -0.1) is 0 Å². The summed E-state index contributed by atoms with van der Waals surface area (Å²) in [4.78, 5) is 0. The minimum atomic E-state index is -2.78. The van der Waals surface area contributed by atoms with Gasteiger partial charge in [0.05, 0.1) is 38.8 Å². The summed E-state index contributed by atoms with van der Waals surface area (Å²) in [6.07, 6.45) is 0. The van der Waals surface area contributed by atoms with E-state index >= 15 is 0 Å². The van der Waals surface area contributed by atoms with E-state index in [9.17, 15) is 0 Å². The number of benzene rings is 11. The highest BCUT2D eigenvalue weighted by molar-refractivity contribution is 7.19. The van der Waals surface area contributed by atoms with Crippen LogP contribution in [0.25, 0.3) is 93.6 Å². The normalized spacial score (nSPS) is 12.0. The fourth-order valence-electron chi connectivity index (χ4n) is 11.8. The van der Waals surface area contributed by atoms with Crippen molar-refractivity contribution in [1.82, 2.24) is 13.7 Å². The molecule has 0 radical (unpaired) electrons. The molecule has 3 heterocycles. The van der Waals surface area contributed by atoms with E-state index in [1.807, 2.05) is 0 Å². The number of nitrogens with zero attached hydrogens (tertiary/aromatic N) is 3. The summed E-state index contributed by atoms with van der Waals surface area (Å²) in [6.45, 7) is 0. The summed E-state index contributed by atoms with van der Waals surface area (Å²) in [6, 6.07) is 101. The Balaban J connectivity index is 1.01. The minimum absolute atomic E-state index is 1.12. The van der Waals surface area contributed by atoms with E-state index in [2.05, 4.69) is 287 Å². The van der Waals surface area contributed by atoms with Crippen LogP contribution in [0.15, 0.2) is 273 Å². The van der Waals surface area contributed by atoms with Gasteiger partial charge in [-0.2, -0.15) is 0 Å². The van der Waals surface area contributed by atoms with Crippen molar-refractivity contribution in [3.05, 3.63) is 273 Å². The lowest BCUT2D eigenvalue weighted by molar-refractivity contribution is 1.13. The fourth-order valence-corrected chi connectivity index (χ4v) is 16.6. The highest BCUT2D eigenvalue weighted by Gasteiger charge is 2.41. The number of aromatic nitrogens is 3. The Bertz CT molecular complexity index is 4180. The van der Waals surface area contributed by atoms with Gasteiger partial charge in [0, 0.05) is 43.7 Å². The molecular weight excluding hydrogens is 863 g/mol. The zero-order chi connectivity index (χ0) is 46.2. The van der Waals surface area contributed by atoms with Gasteiger partial charge in [-0.1, -0.05) is 212 Å². The van der Waals surface area contributed by atoms with Crippen LogP contribution in [-0.4, -0.2) is 21.8 Å². The second-order valence-electron chi connectivity index (χ2n) is 18.4. The van der Waals surface area contributed by atoms with E-state index in [1.165, 1.54) is 97.3 Å². The lowest BCUT2D eigenvalue weighted by atomic mass is 10.0. The molecular formula is C66H45N3Si. The molecule has 0 amide bonds. The zero-order valence-corrected chi connectivity index (χ0v) is 39.3. The maximum Gasteiger partial charge on any atom is 0.179 e. The van der Waals surface area contributed by atoms with Crippen LogP contribution in [0.5, 0.6) is 0 Å². The molecule has 70 heavy (non-hydrogen) atoms. The molecule has 11 aromatic carbocycles. The first-order valence-corrected chi connectivity index (χ1v) is 26.2. The van der Waals surface area contributed by atoms with Crippen LogP contribution >= 0.6 is 0 Å². The summed E-state index contributed by atoms with van der Waals surface area (Å²) in [5, 5.41) is 12.8. The van der Waals surface area contributed by atoms with Gasteiger partial charge in [-0.3, -0.25) is 0 Å². The van der Waals surface area contributed by atoms with Crippen molar-refractivity contribution >= 4 is 94.2 Å². The first-order chi connectivity index (χ1) is 34.8. The first-order valence-electron chi connectivity index (χ1n) is 24.2. The summed E-state index contributed by atoms with van der Waals surface area (Å²) in [7, 11) is -2.78. The Morgan fingerprint density at radius 2 is 0.686 bits per heavy atom. The third-order valence-electron chi connectivity index (χ3n) is 14.8. The lowest BCUT2D eigenvalue weighted by Gasteiger charge is -2.34. The highest BCUT2D eigenvalue weighted by atomic mass is 28.3. The predicted octanol–water partition coefficient (Wildman–Crippen LogP) is 14.0. The Morgan fingerprint density at radius 1 is 0.229 bits per heavy atom. The standard InChI is InChI=1S/C66H45N3Si/c1-5-21-46(22-6-1)47-39-41-57-54-31-13-18-37-62(54)69(65(57)43-47)64-38-20-34-58-55-32-14-17-36-61(55)68(66(58)64)49-40-42-63-59(45-49)56-33-15-16-35-60(56)67(63)48-23-19-30-53(44-48)70(50-24-7-2-8-25-50,51-26-9-3-10-27-51)52-28-11-4-12-29-52/h1-45H. The number of fused-ring (bicyclic) bond motifs is 9. The van der Waals surface area contributed by atoms with Crippen LogP contribution in [0.4, 0.5) is 0 Å². The van der Waals surface area contributed by atoms with E-state index in [1.54, 1.807) is 0 Å². The largest absolute Gasteiger partial charge is 0.309 e. The summed E-state index contributed by atoms with van der Waals surface area (Å²) < 4.78 is 7.49. The van der Waals surface area contributed by atoms with Crippen molar-refractivity contribution in [3.63, 3.8) is 0 Å². The Hall–Kier alpha value is -8.96. The van der Waals surface area contributed by atoms with Gasteiger partial charge in [0.15, 0.2) is 8.07 Å². The summed E-state index contributed by atoms with van der Waals surface area (Å²) >= 11 is 0. The van der Waals surface area contributed by atoms with E-state index in [4.69, 9.17) is 0 Å². The average molecular weight is 908 g/mol. The quantitative estimate of drug-likeness (QED) is 0.107. The average Bonchev–Trinajstić information content (AvgIpc) is 4.08. The highest BCUT2D eigenvalue weighted by Crippen LogP contribution is 2.42. The first kappa shape index (κ1) is 40.1. The molecule has 0 spiro atoms. The molecule has 0 saturated heterocycles. The molecule has 0 fully saturated rings. The fraction of sp³-hybridized carbons (Fsp3) is 0. The monoisotopic (exact) mass is 907 g/mol. The molecule has 0 unspecified atom stereocenters. The maximum absolute atomic E-state index is 2.78. The van der Waals surface area contributed by atoms with Crippen molar-refractivity contribution in [2.75, 3.05) is 0 Å². The molecule has 0 saturated carbocycles. The number of rotatable bonds is 8. The third kappa shape index (κ3) is 6.00. The zero-order valence-electron chi connectivity index (χ0n) is 38.3. The van der Waals surface area contributed by atoms with E-state index in [0.29, 0.717) is 0 Å². The van der Waals surface area contributed by atoms with Crippen molar-refractivity contribution in [2.45, 2.75) is 0 Å². The van der Waals surface area contributed by atoms with Crippen LogP contribution in [0.1, 0.15) is 0 Å². The molecule has 0 aliphatic heterocycles. The summed E-state index contributed by atoms with van der Waals surface area (Å²) in [5.41, 5.74) is 12.9. The van der Waals surface area contributed by atoms with Crippen LogP contribution in [0, 0.1) is 0 Å². The molecule has 328 valence electrons. The van der Waals surface area contributed by atoms with Crippen LogP contribution in [-0.2, 0) is 0 Å². The van der Waals surface area contributed by atoms with Gasteiger partial charge in [0.1, 0.15) is 0 Å². The predicted molar refractivity (Wildman–Crippen MR) is 299 cm³/mol. The van der Waals surface area contributed by atoms with E-state index in [0.717, 1.165) is 17.1 Å². The van der Waals surface area contributed by atoms with Crippen molar-refractivity contribution in [2.24, 2.45) is 0 Å². The van der Waals surface area contributed by atoms with Gasteiger partial charge in [-0.05, 0) is 92.5 Å². The number of para-hydroxylation sites is 4. The van der Waals surface area contributed by atoms with Crippen LogP contribution < -0.4 is 20.7 Å². The molecule has 0 aliphatic carbocycles. The van der Waals surface area contributed by atoms with E-state index < -0.39 is 8.07 Å². The van der Waals surface area contributed by atoms with Crippen molar-refractivity contribution in [1.29, 1.82) is 0 Å². The van der Waals surface area contributed by atoms with Gasteiger partial charge >= 0.3 is 0 Å². The second kappa shape index (κ2) is 16.1. The Kier molecular flexibility index (Phi) is 9.23. The van der Waals surface area contributed by atoms with Gasteiger partial charge in [0.25, 0.3) is 0 Å². The molecule has 3 aromatic heterocycles. The number of hydrogen-bond donors (Lipinski definition) is 0. The van der Waals surface area contributed by atoms with Gasteiger partial charge < -0.3 is 13.7 Å². The SMILES string of the molecule is c1ccc(-c2ccc3c4ccccc4n(-c4cccc5c6ccccc6n(-c6ccc7c(c6)c6ccccc6n7-c6cccc([Si](c7ccccc7)(c7ccccc7)c7ccccc7)c6)c45)c3c2)cc1. The minimum Gasteiger partial charge on any atom is -0.309 e. The van der Waals surface area contributed by atoms with Crippen molar-refractivity contribution in [3.8, 4) is 28.2 Å². The topological polar surface area (TPSA) is 14.8 Å². The second-order valence-corrected chi connectivity index (χ2v) is 22.2. The molecule has 14 aromatic rings. The molecule has 14 rings (SSSR count). The smallest absolute Gasteiger partial charge is 0.179 e. The molecule has 0 N–H and O–H groups in total. The Labute approximate surface area is 407 Å². The summed E-state index contributed by atoms with van der Waals surface area (Å²) in [5.74, 6) is 0. The van der Waals surface area contributed by atoms with Gasteiger partial charge in [-0.25, -0.2) is 0 Å². The lowest BCUT2D eigenvalue weighted by Crippen LogP contribution is -2.74. The molecule has 0 aliphatic rings. The third-order valence-corrected chi connectivity index (χ3v) is 19.5.